The Hall–Kier alpha value is -1.22. The van der Waals surface area contributed by atoms with E-state index in [9.17, 15) is 8.42 Å². The van der Waals surface area contributed by atoms with Crippen LogP contribution in [0.2, 0.25) is 0 Å². The van der Waals surface area contributed by atoms with Crippen molar-refractivity contribution in [1.29, 1.82) is 0 Å². The Labute approximate surface area is 120 Å². The fraction of sp³-hybridized carbons (Fsp3) is 0.583. The molecule has 1 rings (SSSR count). The SMILES string of the molecule is CCN(C(C)CN(C)C)S(=O)(=O)c1ncccc1NN. The molecule has 0 aromatic carbocycles. The molecule has 0 amide bonds. The highest BCUT2D eigenvalue weighted by Gasteiger charge is 2.31. The Morgan fingerprint density at radius 1 is 1.45 bits per heavy atom. The van der Waals surface area contributed by atoms with Crippen molar-refractivity contribution >= 4 is 15.7 Å². The van der Waals surface area contributed by atoms with Gasteiger partial charge < -0.3 is 10.3 Å². The Morgan fingerprint density at radius 2 is 2.10 bits per heavy atom. The average Bonchev–Trinajstić information content (AvgIpc) is 2.38. The monoisotopic (exact) mass is 301 g/mol. The third-order valence-electron chi connectivity index (χ3n) is 2.91. The minimum atomic E-state index is -3.69. The van der Waals surface area contributed by atoms with Crippen LogP contribution in [-0.2, 0) is 10.0 Å². The number of pyridine rings is 1. The lowest BCUT2D eigenvalue weighted by atomic mass is 10.3. The predicted molar refractivity (Wildman–Crippen MR) is 79.6 cm³/mol. The van der Waals surface area contributed by atoms with E-state index in [0.717, 1.165) is 0 Å². The zero-order valence-electron chi connectivity index (χ0n) is 12.4. The zero-order valence-corrected chi connectivity index (χ0v) is 13.2. The molecule has 0 aliphatic carbocycles. The van der Waals surface area contributed by atoms with Crippen LogP contribution < -0.4 is 11.3 Å². The Balaban J connectivity index is 3.18. The van der Waals surface area contributed by atoms with Gasteiger partial charge in [0, 0.05) is 25.3 Å². The number of nitrogen functional groups attached to an aromatic ring is 1. The van der Waals surface area contributed by atoms with Crippen LogP contribution in [0.25, 0.3) is 0 Å². The van der Waals surface area contributed by atoms with E-state index >= 15 is 0 Å². The van der Waals surface area contributed by atoms with Crippen LogP contribution >= 0.6 is 0 Å². The first-order chi connectivity index (χ1) is 9.34. The van der Waals surface area contributed by atoms with Crippen molar-refractivity contribution in [2.45, 2.75) is 24.9 Å². The van der Waals surface area contributed by atoms with Crippen molar-refractivity contribution < 1.29 is 8.42 Å². The average molecular weight is 301 g/mol. The number of hydrogen-bond acceptors (Lipinski definition) is 6. The van der Waals surface area contributed by atoms with Crippen molar-refractivity contribution in [3.8, 4) is 0 Å². The van der Waals surface area contributed by atoms with Gasteiger partial charge in [-0.25, -0.2) is 13.4 Å². The highest BCUT2D eigenvalue weighted by molar-refractivity contribution is 7.89. The lowest BCUT2D eigenvalue weighted by molar-refractivity contribution is 0.271. The molecule has 3 N–H and O–H groups in total. The summed E-state index contributed by atoms with van der Waals surface area (Å²) in [5.41, 5.74) is 2.68. The maximum atomic E-state index is 12.7. The van der Waals surface area contributed by atoms with E-state index in [0.29, 0.717) is 18.8 Å². The molecule has 8 heteroatoms. The minimum Gasteiger partial charge on any atom is -0.321 e. The van der Waals surface area contributed by atoms with Crippen molar-refractivity contribution in [2.75, 3.05) is 32.6 Å². The van der Waals surface area contributed by atoms with Crippen LogP contribution in [0.4, 0.5) is 5.69 Å². The highest BCUT2D eigenvalue weighted by Crippen LogP contribution is 2.22. The van der Waals surface area contributed by atoms with E-state index in [4.69, 9.17) is 5.84 Å². The highest BCUT2D eigenvalue weighted by atomic mass is 32.2. The fourth-order valence-corrected chi connectivity index (χ4v) is 3.86. The summed E-state index contributed by atoms with van der Waals surface area (Å²) >= 11 is 0. The van der Waals surface area contributed by atoms with Gasteiger partial charge >= 0.3 is 0 Å². The molecule has 0 saturated heterocycles. The molecule has 0 aliphatic rings. The van der Waals surface area contributed by atoms with Crippen LogP contribution in [-0.4, -0.2) is 55.8 Å². The summed E-state index contributed by atoms with van der Waals surface area (Å²) in [5.74, 6) is 5.36. The summed E-state index contributed by atoms with van der Waals surface area (Å²) in [6.07, 6.45) is 1.44. The van der Waals surface area contributed by atoms with Crippen LogP contribution in [0.15, 0.2) is 23.4 Å². The third-order valence-corrected chi connectivity index (χ3v) is 4.96. The maximum Gasteiger partial charge on any atom is 0.262 e. The van der Waals surface area contributed by atoms with E-state index in [2.05, 4.69) is 10.4 Å². The quantitative estimate of drug-likeness (QED) is 0.557. The first-order valence-electron chi connectivity index (χ1n) is 6.42. The van der Waals surface area contributed by atoms with Gasteiger partial charge in [-0.15, -0.1) is 0 Å². The molecule has 1 aromatic heterocycles. The number of nitrogens with zero attached hydrogens (tertiary/aromatic N) is 3. The number of nitrogens with one attached hydrogen (secondary N) is 1. The fourth-order valence-electron chi connectivity index (χ4n) is 2.16. The molecule has 0 saturated carbocycles. The molecule has 114 valence electrons. The summed E-state index contributed by atoms with van der Waals surface area (Å²) in [5, 5.41) is -0.0463. The van der Waals surface area contributed by atoms with E-state index in [-0.39, 0.29) is 11.1 Å². The lowest BCUT2D eigenvalue weighted by Gasteiger charge is -2.29. The topological polar surface area (TPSA) is 91.6 Å². The second-order valence-corrected chi connectivity index (χ2v) is 6.63. The molecule has 7 nitrogen and oxygen atoms in total. The summed E-state index contributed by atoms with van der Waals surface area (Å²) < 4.78 is 26.9. The molecule has 20 heavy (non-hydrogen) atoms. The Bertz CT molecular complexity index is 532. The summed E-state index contributed by atoms with van der Waals surface area (Å²) in [7, 11) is 0.129. The number of anilines is 1. The Kier molecular flexibility index (Phi) is 5.88. The van der Waals surface area contributed by atoms with Gasteiger partial charge in [-0.2, -0.15) is 4.31 Å². The van der Waals surface area contributed by atoms with Gasteiger partial charge in [0.25, 0.3) is 10.0 Å². The number of rotatable bonds is 7. The molecule has 0 bridgehead atoms. The molecule has 1 unspecified atom stereocenters. The number of nitrogens with two attached hydrogens (primary N) is 1. The molecule has 0 radical (unpaired) electrons. The van der Waals surface area contributed by atoms with E-state index in [1.54, 1.807) is 12.1 Å². The van der Waals surface area contributed by atoms with Gasteiger partial charge in [-0.3, -0.25) is 5.84 Å². The van der Waals surface area contributed by atoms with Crippen LogP contribution in [0.1, 0.15) is 13.8 Å². The molecule has 1 heterocycles. The molecular formula is C12H23N5O2S. The van der Waals surface area contributed by atoms with Gasteiger partial charge in [0.05, 0.1) is 5.69 Å². The molecule has 1 atom stereocenters. The van der Waals surface area contributed by atoms with Gasteiger partial charge in [-0.1, -0.05) is 6.92 Å². The molecule has 0 spiro atoms. The smallest absolute Gasteiger partial charge is 0.262 e. The molecule has 0 aliphatic heterocycles. The van der Waals surface area contributed by atoms with Gasteiger partial charge in [0.1, 0.15) is 0 Å². The number of sulfonamides is 1. The third kappa shape index (κ3) is 3.66. The van der Waals surface area contributed by atoms with Crippen molar-refractivity contribution in [1.82, 2.24) is 14.2 Å². The van der Waals surface area contributed by atoms with Gasteiger partial charge in [0.2, 0.25) is 0 Å². The summed E-state index contributed by atoms with van der Waals surface area (Å²) in [6, 6.07) is 3.06. The zero-order chi connectivity index (χ0) is 15.3. The summed E-state index contributed by atoms with van der Waals surface area (Å²) in [4.78, 5) is 5.91. The predicted octanol–water partition coefficient (Wildman–Crippen LogP) is 0.328. The minimum absolute atomic E-state index is 0.0463. The second kappa shape index (κ2) is 6.98. The standard InChI is InChI=1S/C12H23N5O2S/c1-5-17(10(2)9-16(3)4)20(18,19)12-11(15-13)7-6-8-14-12/h6-8,10,15H,5,9,13H2,1-4H3. The van der Waals surface area contributed by atoms with Crippen molar-refractivity contribution in [3.63, 3.8) is 0 Å². The normalized spacial score (nSPS) is 13.8. The van der Waals surface area contributed by atoms with Crippen LogP contribution in [0.3, 0.4) is 0 Å². The second-order valence-electron chi connectivity index (χ2n) is 4.82. The van der Waals surface area contributed by atoms with Crippen LogP contribution in [0.5, 0.6) is 0 Å². The van der Waals surface area contributed by atoms with Crippen molar-refractivity contribution in [3.05, 3.63) is 18.3 Å². The maximum absolute atomic E-state index is 12.7. The molecule has 1 aromatic rings. The van der Waals surface area contributed by atoms with E-state index in [1.165, 1.54) is 10.5 Å². The Morgan fingerprint density at radius 3 is 2.60 bits per heavy atom. The van der Waals surface area contributed by atoms with Crippen LogP contribution in [0, 0.1) is 0 Å². The van der Waals surface area contributed by atoms with E-state index in [1.807, 2.05) is 32.8 Å². The first-order valence-corrected chi connectivity index (χ1v) is 7.86. The number of hydrogen-bond donors (Lipinski definition) is 2. The van der Waals surface area contributed by atoms with Crippen molar-refractivity contribution in [2.24, 2.45) is 5.84 Å². The number of aromatic nitrogens is 1. The molecule has 0 fully saturated rings. The first kappa shape index (κ1) is 16.8. The molecular weight excluding hydrogens is 278 g/mol. The largest absolute Gasteiger partial charge is 0.321 e. The van der Waals surface area contributed by atoms with E-state index < -0.39 is 10.0 Å². The number of likely N-dealkylation sites (N-methyl/N-ethyl adjacent to an activating group) is 2. The van der Waals surface area contributed by atoms with Gasteiger partial charge in [0.15, 0.2) is 5.03 Å². The summed E-state index contributed by atoms with van der Waals surface area (Å²) in [6.45, 7) is 4.69. The number of hydrazine groups is 1. The lowest BCUT2D eigenvalue weighted by Crippen LogP contribution is -2.44. The van der Waals surface area contributed by atoms with Gasteiger partial charge in [-0.05, 0) is 33.2 Å².